The lowest BCUT2D eigenvalue weighted by Crippen LogP contribution is -2.03. The number of aromatic amines is 1. The largest absolute Gasteiger partial charge is 0.432 e. The number of aromatic nitrogens is 2. The van der Waals surface area contributed by atoms with E-state index in [0.29, 0.717) is 11.1 Å². The predicted molar refractivity (Wildman–Crippen MR) is 50.6 cm³/mol. The van der Waals surface area contributed by atoms with Crippen molar-refractivity contribution in [2.24, 2.45) is 0 Å². The van der Waals surface area contributed by atoms with E-state index in [2.05, 4.69) is 14.9 Å². The minimum absolute atomic E-state index is 0.478. The Morgan fingerprint density at radius 3 is 2.69 bits per heavy atom. The number of hydrogen-bond donors (Lipinski definition) is 1. The van der Waals surface area contributed by atoms with E-state index in [0.717, 1.165) is 6.07 Å². The van der Waals surface area contributed by atoms with E-state index in [1.165, 1.54) is 18.3 Å². The fraction of sp³-hybridized carbons (Fsp3) is 0.100. The lowest BCUT2D eigenvalue weighted by Gasteiger charge is -2.06. The molecule has 0 amide bonds. The maximum atomic E-state index is 13.1. The first-order valence-corrected chi connectivity index (χ1v) is 4.40. The van der Waals surface area contributed by atoms with Crippen molar-refractivity contribution in [3.05, 3.63) is 36.4 Å². The van der Waals surface area contributed by atoms with E-state index in [1.807, 2.05) is 0 Å². The fourth-order valence-electron chi connectivity index (χ4n) is 1.28. The van der Waals surface area contributed by atoms with Crippen molar-refractivity contribution in [3.8, 4) is 16.9 Å². The number of rotatable bonds is 3. The summed E-state index contributed by atoms with van der Waals surface area (Å²) in [5.74, 6) is -1.30. The van der Waals surface area contributed by atoms with Gasteiger partial charge in [-0.1, -0.05) is 6.07 Å². The number of H-pyrrole nitrogens is 1. The van der Waals surface area contributed by atoms with Crippen molar-refractivity contribution < 1.29 is 17.9 Å². The van der Waals surface area contributed by atoms with Crippen molar-refractivity contribution in [2.45, 2.75) is 6.61 Å². The van der Waals surface area contributed by atoms with Gasteiger partial charge in [0.15, 0.2) is 11.6 Å². The van der Waals surface area contributed by atoms with Gasteiger partial charge in [0, 0.05) is 11.8 Å². The van der Waals surface area contributed by atoms with Crippen molar-refractivity contribution in [1.82, 2.24) is 10.2 Å². The van der Waals surface area contributed by atoms with Gasteiger partial charge < -0.3 is 4.74 Å². The predicted octanol–water partition coefficient (Wildman–Crippen LogP) is 2.82. The van der Waals surface area contributed by atoms with E-state index in [9.17, 15) is 13.2 Å². The van der Waals surface area contributed by atoms with Crippen LogP contribution in [-0.4, -0.2) is 16.8 Å². The van der Waals surface area contributed by atoms with E-state index < -0.39 is 18.2 Å². The van der Waals surface area contributed by atoms with Gasteiger partial charge in [0.05, 0.1) is 6.20 Å². The highest BCUT2D eigenvalue weighted by Crippen LogP contribution is 2.26. The molecule has 0 atom stereocenters. The molecule has 1 heterocycles. The standard InChI is InChI=1S/C10H7F3N2O/c11-8-2-1-6(7-4-14-15-5-7)3-9(8)16-10(12)13/h1-5,10H,(H,14,15). The molecule has 0 radical (unpaired) electrons. The van der Waals surface area contributed by atoms with Crippen LogP contribution in [0.5, 0.6) is 5.75 Å². The van der Waals surface area contributed by atoms with Crippen molar-refractivity contribution >= 4 is 0 Å². The number of nitrogens with one attached hydrogen (secondary N) is 1. The SMILES string of the molecule is Fc1ccc(-c2cn[nH]c2)cc1OC(F)F. The summed E-state index contributed by atoms with van der Waals surface area (Å²) in [5.41, 5.74) is 1.21. The first-order chi connectivity index (χ1) is 7.66. The van der Waals surface area contributed by atoms with Gasteiger partial charge >= 0.3 is 6.61 Å². The Labute approximate surface area is 88.9 Å². The second-order valence-corrected chi connectivity index (χ2v) is 3.01. The maximum absolute atomic E-state index is 13.1. The molecule has 1 N–H and O–H groups in total. The molecule has 3 nitrogen and oxygen atoms in total. The zero-order valence-corrected chi connectivity index (χ0v) is 7.95. The quantitative estimate of drug-likeness (QED) is 0.877. The lowest BCUT2D eigenvalue weighted by atomic mass is 10.1. The Hall–Kier alpha value is -1.98. The normalized spacial score (nSPS) is 10.8. The van der Waals surface area contributed by atoms with Crippen molar-refractivity contribution in [1.29, 1.82) is 0 Å². The summed E-state index contributed by atoms with van der Waals surface area (Å²) in [5, 5.41) is 6.27. The zero-order valence-electron chi connectivity index (χ0n) is 7.95. The van der Waals surface area contributed by atoms with Crippen LogP contribution in [0, 0.1) is 5.82 Å². The van der Waals surface area contributed by atoms with E-state index in [4.69, 9.17) is 0 Å². The summed E-state index contributed by atoms with van der Waals surface area (Å²) in [7, 11) is 0. The smallest absolute Gasteiger partial charge is 0.387 e. The van der Waals surface area contributed by atoms with Gasteiger partial charge in [-0.3, -0.25) is 5.10 Å². The molecule has 0 unspecified atom stereocenters. The van der Waals surface area contributed by atoms with Crippen LogP contribution in [0.3, 0.4) is 0 Å². The highest BCUT2D eigenvalue weighted by atomic mass is 19.3. The molecule has 1 aromatic carbocycles. The van der Waals surface area contributed by atoms with Crippen LogP contribution >= 0.6 is 0 Å². The van der Waals surface area contributed by atoms with Gasteiger partial charge in [0.1, 0.15) is 0 Å². The molecule has 0 saturated heterocycles. The Morgan fingerprint density at radius 2 is 2.06 bits per heavy atom. The third-order valence-corrected chi connectivity index (χ3v) is 1.98. The Kier molecular flexibility index (Phi) is 2.80. The summed E-state index contributed by atoms with van der Waals surface area (Å²) in [6.45, 7) is -3.05. The van der Waals surface area contributed by atoms with Gasteiger partial charge in [0.25, 0.3) is 0 Å². The maximum Gasteiger partial charge on any atom is 0.387 e. The van der Waals surface area contributed by atoms with E-state index >= 15 is 0 Å². The van der Waals surface area contributed by atoms with E-state index in [-0.39, 0.29) is 0 Å². The van der Waals surface area contributed by atoms with E-state index in [1.54, 1.807) is 6.20 Å². The Balaban J connectivity index is 2.36. The molecule has 6 heteroatoms. The second-order valence-electron chi connectivity index (χ2n) is 3.01. The molecule has 1 aromatic heterocycles. The average Bonchev–Trinajstić information content (AvgIpc) is 2.73. The van der Waals surface area contributed by atoms with Gasteiger partial charge in [-0.2, -0.15) is 13.9 Å². The van der Waals surface area contributed by atoms with Crippen molar-refractivity contribution in [2.75, 3.05) is 0 Å². The highest BCUT2D eigenvalue weighted by Gasteiger charge is 2.11. The minimum Gasteiger partial charge on any atom is -0.432 e. The van der Waals surface area contributed by atoms with Crippen LogP contribution < -0.4 is 4.74 Å². The zero-order chi connectivity index (χ0) is 11.5. The van der Waals surface area contributed by atoms with Gasteiger partial charge in [-0.15, -0.1) is 0 Å². The summed E-state index contributed by atoms with van der Waals surface area (Å²) in [6.07, 6.45) is 3.07. The molecule has 16 heavy (non-hydrogen) atoms. The number of ether oxygens (including phenoxy) is 1. The molecule has 0 aliphatic rings. The molecule has 0 bridgehead atoms. The summed E-state index contributed by atoms with van der Waals surface area (Å²) < 4.78 is 41.1. The highest BCUT2D eigenvalue weighted by molar-refractivity contribution is 5.63. The molecule has 0 spiro atoms. The summed E-state index contributed by atoms with van der Waals surface area (Å²) in [4.78, 5) is 0. The molecule has 2 aromatic rings. The van der Waals surface area contributed by atoms with Crippen LogP contribution in [0.15, 0.2) is 30.6 Å². The molecule has 0 fully saturated rings. The average molecular weight is 228 g/mol. The van der Waals surface area contributed by atoms with Gasteiger partial charge in [0.2, 0.25) is 0 Å². The van der Waals surface area contributed by atoms with Gasteiger partial charge in [-0.25, -0.2) is 4.39 Å². The van der Waals surface area contributed by atoms with Crippen LogP contribution in [0.25, 0.3) is 11.1 Å². The van der Waals surface area contributed by atoms with Crippen LogP contribution in [0.4, 0.5) is 13.2 Å². The molecule has 2 rings (SSSR count). The summed E-state index contributed by atoms with van der Waals surface area (Å²) >= 11 is 0. The van der Waals surface area contributed by atoms with Crippen LogP contribution in [0.2, 0.25) is 0 Å². The lowest BCUT2D eigenvalue weighted by molar-refractivity contribution is -0.0521. The molecular weight excluding hydrogens is 221 g/mol. The Morgan fingerprint density at radius 1 is 1.25 bits per heavy atom. The molecule has 0 aliphatic carbocycles. The van der Waals surface area contributed by atoms with Crippen LogP contribution in [0.1, 0.15) is 0 Å². The van der Waals surface area contributed by atoms with Crippen LogP contribution in [-0.2, 0) is 0 Å². The first kappa shape index (κ1) is 10.5. The summed E-state index contributed by atoms with van der Waals surface area (Å²) in [6, 6.07) is 3.73. The third kappa shape index (κ3) is 2.16. The number of hydrogen-bond acceptors (Lipinski definition) is 2. The number of halogens is 3. The fourth-order valence-corrected chi connectivity index (χ4v) is 1.28. The molecular formula is C10H7F3N2O. The number of benzene rings is 1. The number of alkyl halides is 2. The topological polar surface area (TPSA) is 37.9 Å². The molecule has 84 valence electrons. The van der Waals surface area contributed by atoms with Crippen molar-refractivity contribution in [3.63, 3.8) is 0 Å². The monoisotopic (exact) mass is 228 g/mol. The third-order valence-electron chi connectivity index (χ3n) is 1.98. The second kappa shape index (κ2) is 4.26. The first-order valence-electron chi connectivity index (χ1n) is 4.40. The molecule has 0 aliphatic heterocycles. The van der Waals surface area contributed by atoms with Gasteiger partial charge in [-0.05, 0) is 17.7 Å². The molecule has 0 saturated carbocycles. The number of nitrogens with zero attached hydrogens (tertiary/aromatic N) is 1. The Bertz CT molecular complexity index is 471. The minimum atomic E-state index is -3.05.